The van der Waals surface area contributed by atoms with Gasteiger partial charge in [0.15, 0.2) is 5.69 Å². The Morgan fingerprint density at radius 3 is 2.89 bits per heavy atom. The van der Waals surface area contributed by atoms with Crippen LogP contribution in [-0.2, 0) is 0 Å². The van der Waals surface area contributed by atoms with E-state index in [1.54, 1.807) is 0 Å². The standard InChI is InChI=1S/C10H9N5O4/c1-19-6-2-3-7(9(4-6)15(17)18)12-10(16)8-5-11-14-13-8/h2-5H,1H3,(H,12,16)(H,11,13,14). The summed E-state index contributed by atoms with van der Waals surface area (Å²) in [6, 6.07) is 4.11. The molecule has 1 amide bonds. The number of nitro groups is 1. The molecule has 0 aliphatic carbocycles. The lowest BCUT2D eigenvalue weighted by Gasteiger charge is -2.06. The highest BCUT2D eigenvalue weighted by atomic mass is 16.6. The molecule has 2 N–H and O–H groups in total. The van der Waals surface area contributed by atoms with Crippen LogP contribution in [0.3, 0.4) is 0 Å². The van der Waals surface area contributed by atoms with E-state index in [0.29, 0.717) is 5.75 Å². The predicted molar refractivity (Wildman–Crippen MR) is 64.0 cm³/mol. The second kappa shape index (κ2) is 5.12. The van der Waals surface area contributed by atoms with E-state index in [1.165, 1.54) is 31.5 Å². The normalized spacial score (nSPS) is 9.95. The van der Waals surface area contributed by atoms with Gasteiger partial charge in [0, 0.05) is 0 Å². The Bertz CT molecular complexity index is 610. The zero-order valence-corrected chi connectivity index (χ0v) is 9.78. The van der Waals surface area contributed by atoms with E-state index in [1.807, 2.05) is 0 Å². The Kier molecular flexibility index (Phi) is 3.37. The maximum absolute atomic E-state index is 11.7. The summed E-state index contributed by atoms with van der Waals surface area (Å²) in [5.74, 6) is -0.270. The van der Waals surface area contributed by atoms with Crippen molar-refractivity contribution in [2.45, 2.75) is 0 Å². The number of H-pyrrole nitrogens is 1. The van der Waals surface area contributed by atoms with Crippen LogP contribution in [0.2, 0.25) is 0 Å². The number of carbonyl (C=O) groups excluding carboxylic acids is 1. The van der Waals surface area contributed by atoms with Crippen molar-refractivity contribution in [1.29, 1.82) is 0 Å². The van der Waals surface area contributed by atoms with Gasteiger partial charge in [0.1, 0.15) is 11.4 Å². The first-order valence-electron chi connectivity index (χ1n) is 5.11. The van der Waals surface area contributed by atoms with Gasteiger partial charge >= 0.3 is 0 Å². The number of benzene rings is 1. The molecule has 0 fully saturated rings. The molecule has 0 unspecified atom stereocenters. The zero-order valence-electron chi connectivity index (χ0n) is 9.78. The first-order chi connectivity index (χ1) is 9.11. The molecule has 2 rings (SSSR count). The van der Waals surface area contributed by atoms with Crippen LogP contribution in [0.15, 0.2) is 24.4 Å². The molecule has 0 radical (unpaired) electrons. The Balaban J connectivity index is 2.29. The van der Waals surface area contributed by atoms with Crippen LogP contribution in [0.25, 0.3) is 0 Å². The number of nitro benzene ring substituents is 1. The van der Waals surface area contributed by atoms with Gasteiger partial charge in [0.05, 0.1) is 24.3 Å². The van der Waals surface area contributed by atoms with Gasteiger partial charge in [-0.25, -0.2) is 0 Å². The van der Waals surface area contributed by atoms with Crippen molar-refractivity contribution in [3.63, 3.8) is 0 Å². The molecule has 1 aromatic carbocycles. The highest BCUT2D eigenvalue weighted by Crippen LogP contribution is 2.29. The number of hydrogen-bond donors (Lipinski definition) is 2. The summed E-state index contributed by atoms with van der Waals surface area (Å²) in [4.78, 5) is 22.0. The van der Waals surface area contributed by atoms with Gasteiger partial charge in [0.25, 0.3) is 11.6 Å². The van der Waals surface area contributed by atoms with E-state index < -0.39 is 10.8 Å². The predicted octanol–water partition coefficient (Wildman–Crippen LogP) is 0.974. The average molecular weight is 263 g/mol. The van der Waals surface area contributed by atoms with Crippen molar-refractivity contribution in [1.82, 2.24) is 15.4 Å². The lowest BCUT2D eigenvalue weighted by atomic mass is 10.2. The molecule has 0 bridgehead atoms. The summed E-state index contributed by atoms with van der Waals surface area (Å²) in [6.45, 7) is 0. The number of nitrogens with zero attached hydrogens (tertiary/aromatic N) is 3. The number of amides is 1. The Morgan fingerprint density at radius 2 is 2.32 bits per heavy atom. The van der Waals surface area contributed by atoms with Crippen molar-refractivity contribution >= 4 is 17.3 Å². The second-order valence-corrected chi connectivity index (χ2v) is 3.45. The summed E-state index contributed by atoms with van der Waals surface area (Å²) in [5, 5.41) is 22.6. The van der Waals surface area contributed by atoms with Gasteiger partial charge in [0.2, 0.25) is 0 Å². The molecule has 0 aliphatic heterocycles. The van der Waals surface area contributed by atoms with Crippen molar-refractivity contribution in [3.05, 3.63) is 40.2 Å². The van der Waals surface area contributed by atoms with Crippen molar-refractivity contribution in [2.24, 2.45) is 0 Å². The number of hydrogen-bond acceptors (Lipinski definition) is 6. The molecule has 0 atom stereocenters. The van der Waals surface area contributed by atoms with E-state index in [2.05, 4.69) is 20.7 Å². The Morgan fingerprint density at radius 1 is 1.53 bits per heavy atom. The second-order valence-electron chi connectivity index (χ2n) is 3.45. The maximum Gasteiger partial charge on any atom is 0.296 e. The molecule has 9 nitrogen and oxygen atoms in total. The summed E-state index contributed by atoms with van der Waals surface area (Å²) in [6.07, 6.45) is 1.21. The SMILES string of the molecule is COc1ccc(NC(=O)c2cn[nH]n2)c([N+](=O)[O-])c1. The lowest BCUT2D eigenvalue weighted by molar-refractivity contribution is -0.384. The van der Waals surface area contributed by atoms with Gasteiger partial charge in [-0.15, -0.1) is 0 Å². The lowest BCUT2D eigenvalue weighted by Crippen LogP contribution is -2.13. The molecule has 1 heterocycles. The molecular formula is C10H9N5O4. The number of ether oxygens (including phenoxy) is 1. The van der Waals surface area contributed by atoms with E-state index in [9.17, 15) is 14.9 Å². The molecule has 9 heteroatoms. The van der Waals surface area contributed by atoms with Crippen LogP contribution in [0.5, 0.6) is 5.75 Å². The topological polar surface area (TPSA) is 123 Å². The number of rotatable bonds is 4. The highest BCUT2D eigenvalue weighted by Gasteiger charge is 2.18. The summed E-state index contributed by atoms with van der Waals surface area (Å²) >= 11 is 0. The summed E-state index contributed by atoms with van der Waals surface area (Å²) in [7, 11) is 1.40. The van der Waals surface area contributed by atoms with E-state index >= 15 is 0 Å². The molecule has 19 heavy (non-hydrogen) atoms. The first-order valence-corrected chi connectivity index (χ1v) is 5.11. The van der Waals surface area contributed by atoms with Crippen LogP contribution in [0.1, 0.15) is 10.5 Å². The fraction of sp³-hybridized carbons (Fsp3) is 0.100. The highest BCUT2D eigenvalue weighted by molar-refractivity contribution is 6.03. The quantitative estimate of drug-likeness (QED) is 0.625. The van der Waals surface area contributed by atoms with Crippen LogP contribution in [-0.4, -0.2) is 33.4 Å². The third-order valence-electron chi connectivity index (χ3n) is 2.30. The molecule has 1 aromatic heterocycles. The maximum atomic E-state index is 11.7. The van der Waals surface area contributed by atoms with Crippen LogP contribution in [0.4, 0.5) is 11.4 Å². The van der Waals surface area contributed by atoms with Crippen LogP contribution >= 0.6 is 0 Å². The number of aromatic nitrogens is 3. The smallest absolute Gasteiger partial charge is 0.296 e. The number of carbonyl (C=O) groups is 1. The van der Waals surface area contributed by atoms with Crippen LogP contribution < -0.4 is 10.1 Å². The summed E-state index contributed by atoms with van der Waals surface area (Å²) < 4.78 is 4.89. The Hall–Kier alpha value is -2.97. The molecular weight excluding hydrogens is 254 g/mol. The number of anilines is 1. The first kappa shape index (κ1) is 12.5. The molecule has 0 saturated carbocycles. The number of nitrogens with one attached hydrogen (secondary N) is 2. The summed E-state index contributed by atoms with van der Waals surface area (Å²) in [5.41, 5.74) is -0.180. The average Bonchev–Trinajstić information content (AvgIpc) is 2.92. The van der Waals surface area contributed by atoms with Gasteiger partial charge in [-0.05, 0) is 12.1 Å². The largest absolute Gasteiger partial charge is 0.496 e. The van der Waals surface area contributed by atoms with Gasteiger partial charge in [-0.2, -0.15) is 15.4 Å². The monoisotopic (exact) mass is 263 g/mol. The minimum atomic E-state index is -0.610. The van der Waals surface area contributed by atoms with E-state index in [-0.39, 0.29) is 17.1 Å². The molecule has 0 spiro atoms. The molecule has 0 aliphatic rings. The van der Waals surface area contributed by atoms with Crippen molar-refractivity contribution in [2.75, 3.05) is 12.4 Å². The zero-order chi connectivity index (χ0) is 13.8. The Labute approximate surface area is 106 Å². The molecule has 0 saturated heterocycles. The number of aromatic amines is 1. The fourth-order valence-electron chi connectivity index (χ4n) is 1.39. The van der Waals surface area contributed by atoms with Crippen molar-refractivity contribution in [3.8, 4) is 5.75 Å². The van der Waals surface area contributed by atoms with E-state index in [0.717, 1.165) is 0 Å². The van der Waals surface area contributed by atoms with Crippen molar-refractivity contribution < 1.29 is 14.5 Å². The fourth-order valence-corrected chi connectivity index (χ4v) is 1.39. The minimum Gasteiger partial charge on any atom is -0.496 e. The molecule has 2 aromatic rings. The van der Waals surface area contributed by atoms with Gasteiger partial charge in [-0.3, -0.25) is 14.9 Å². The van der Waals surface area contributed by atoms with Crippen LogP contribution in [0, 0.1) is 10.1 Å². The van der Waals surface area contributed by atoms with E-state index in [4.69, 9.17) is 4.74 Å². The van der Waals surface area contributed by atoms with Gasteiger partial charge < -0.3 is 10.1 Å². The third-order valence-corrected chi connectivity index (χ3v) is 2.30. The minimum absolute atomic E-state index is 0.0325. The van der Waals surface area contributed by atoms with Gasteiger partial charge in [-0.1, -0.05) is 0 Å². The third kappa shape index (κ3) is 2.65. The molecule has 98 valence electrons. The number of methoxy groups -OCH3 is 1.